The first kappa shape index (κ1) is 17.5. The van der Waals surface area contributed by atoms with Crippen LogP contribution in [0.3, 0.4) is 0 Å². The SMILES string of the molecule is CC(/C=C/C=C(\C)c1c(-c2ccccc2)oc2ccccc12)=C\C(=O)O. The first-order valence-electron chi connectivity index (χ1n) is 8.40. The van der Waals surface area contributed by atoms with Gasteiger partial charge in [-0.2, -0.15) is 0 Å². The molecule has 0 atom stereocenters. The van der Waals surface area contributed by atoms with E-state index in [1.807, 2.05) is 67.6 Å². The zero-order chi connectivity index (χ0) is 18.5. The van der Waals surface area contributed by atoms with E-state index in [-0.39, 0.29) is 0 Å². The van der Waals surface area contributed by atoms with Crippen LogP contribution in [0.2, 0.25) is 0 Å². The highest BCUT2D eigenvalue weighted by Crippen LogP contribution is 2.37. The van der Waals surface area contributed by atoms with Gasteiger partial charge in [0.25, 0.3) is 0 Å². The number of allylic oxidation sites excluding steroid dienone is 5. The molecular weight excluding hydrogens is 324 g/mol. The van der Waals surface area contributed by atoms with Gasteiger partial charge in [0, 0.05) is 22.6 Å². The molecule has 0 aliphatic heterocycles. The van der Waals surface area contributed by atoms with E-state index in [0.717, 1.165) is 33.4 Å². The number of hydrogen-bond donors (Lipinski definition) is 1. The lowest BCUT2D eigenvalue weighted by Crippen LogP contribution is -1.87. The Balaban J connectivity index is 2.07. The molecular formula is C23H20O3. The zero-order valence-electron chi connectivity index (χ0n) is 14.8. The van der Waals surface area contributed by atoms with E-state index in [0.29, 0.717) is 5.57 Å². The summed E-state index contributed by atoms with van der Waals surface area (Å²) in [6.45, 7) is 3.79. The lowest BCUT2D eigenvalue weighted by atomic mass is 9.99. The number of carboxylic acids is 1. The van der Waals surface area contributed by atoms with Crippen LogP contribution in [0.25, 0.3) is 27.9 Å². The van der Waals surface area contributed by atoms with Gasteiger partial charge in [-0.05, 0) is 31.1 Å². The first-order chi connectivity index (χ1) is 12.6. The third kappa shape index (κ3) is 3.83. The van der Waals surface area contributed by atoms with Crippen molar-refractivity contribution < 1.29 is 14.3 Å². The van der Waals surface area contributed by atoms with E-state index < -0.39 is 5.97 Å². The molecule has 2 aromatic carbocycles. The number of rotatable bonds is 5. The molecule has 0 spiro atoms. The minimum absolute atomic E-state index is 0.682. The lowest BCUT2D eigenvalue weighted by Gasteiger charge is -2.03. The summed E-state index contributed by atoms with van der Waals surface area (Å²) in [5, 5.41) is 9.85. The molecule has 0 fully saturated rings. The molecule has 26 heavy (non-hydrogen) atoms. The quantitative estimate of drug-likeness (QED) is 0.450. The van der Waals surface area contributed by atoms with Crippen LogP contribution in [-0.4, -0.2) is 11.1 Å². The molecule has 1 aromatic heterocycles. The molecule has 3 rings (SSSR count). The second-order valence-electron chi connectivity index (χ2n) is 6.10. The molecule has 0 amide bonds. The van der Waals surface area contributed by atoms with Crippen molar-refractivity contribution >= 4 is 22.5 Å². The van der Waals surface area contributed by atoms with E-state index in [4.69, 9.17) is 9.52 Å². The summed E-state index contributed by atoms with van der Waals surface area (Å²) in [6.07, 6.45) is 6.80. The van der Waals surface area contributed by atoms with E-state index in [1.54, 1.807) is 13.0 Å². The average molecular weight is 344 g/mol. The highest BCUT2D eigenvalue weighted by Gasteiger charge is 2.16. The highest BCUT2D eigenvalue weighted by molar-refractivity contribution is 5.97. The van der Waals surface area contributed by atoms with Crippen LogP contribution < -0.4 is 0 Å². The third-order valence-electron chi connectivity index (χ3n) is 4.08. The minimum atomic E-state index is -0.944. The van der Waals surface area contributed by atoms with Crippen molar-refractivity contribution in [1.29, 1.82) is 0 Å². The molecule has 0 aliphatic carbocycles. The minimum Gasteiger partial charge on any atom is -0.478 e. The van der Waals surface area contributed by atoms with Crippen LogP contribution in [0.1, 0.15) is 19.4 Å². The largest absolute Gasteiger partial charge is 0.478 e. The molecule has 1 N–H and O–H groups in total. The fourth-order valence-corrected chi connectivity index (χ4v) is 2.90. The molecule has 0 unspecified atom stereocenters. The summed E-state index contributed by atoms with van der Waals surface area (Å²) in [6, 6.07) is 18.0. The van der Waals surface area contributed by atoms with Crippen LogP contribution in [0.15, 0.2) is 88.9 Å². The first-order valence-corrected chi connectivity index (χ1v) is 8.40. The number of para-hydroxylation sites is 1. The maximum Gasteiger partial charge on any atom is 0.328 e. The summed E-state index contributed by atoms with van der Waals surface area (Å²) in [7, 11) is 0. The number of hydrogen-bond acceptors (Lipinski definition) is 2. The molecule has 130 valence electrons. The van der Waals surface area contributed by atoms with Crippen LogP contribution in [0.4, 0.5) is 0 Å². The monoisotopic (exact) mass is 344 g/mol. The van der Waals surface area contributed by atoms with Crippen LogP contribution in [0.5, 0.6) is 0 Å². The van der Waals surface area contributed by atoms with Gasteiger partial charge < -0.3 is 9.52 Å². The zero-order valence-corrected chi connectivity index (χ0v) is 14.8. The molecule has 0 saturated carbocycles. The third-order valence-corrected chi connectivity index (χ3v) is 4.08. The second-order valence-corrected chi connectivity index (χ2v) is 6.10. The van der Waals surface area contributed by atoms with Gasteiger partial charge in [0.15, 0.2) is 0 Å². The summed E-state index contributed by atoms with van der Waals surface area (Å²) >= 11 is 0. The highest BCUT2D eigenvalue weighted by atomic mass is 16.4. The Labute approximate surface area is 152 Å². The number of fused-ring (bicyclic) bond motifs is 1. The van der Waals surface area contributed by atoms with Gasteiger partial charge in [-0.25, -0.2) is 4.79 Å². The number of furan rings is 1. The molecule has 3 aromatic rings. The van der Waals surface area contributed by atoms with Crippen molar-refractivity contribution in [3.8, 4) is 11.3 Å². The molecule has 0 saturated heterocycles. The Morgan fingerprint density at radius 2 is 1.69 bits per heavy atom. The van der Waals surface area contributed by atoms with Gasteiger partial charge in [-0.1, -0.05) is 66.8 Å². The Morgan fingerprint density at radius 1 is 1.00 bits per heavy atom. The van der Waals surface area contributed by atoms with Crippen LogP contribution in [0, 0.1) is 0 Å². The Bertz CT molecular complexity index is 1020. The molecule has 0 aliphatic rings. The summed E-state index contributed by atoms with van der Waals surface area (Å²) < 4.78 is 6.13. The van der Waals surface area contributed by atoms with Crippen molar-refractivity contribution in [1.82, 2.24) is 0 Å². The summed E-state index contributed by atoms with van der Waals surface area (Å²) in [5.41, 5.74) is 4.66. The van der Waals surface area contributed by atoms with Crippen LogP contribution in [-0.2, 0) is 4.79 Å². The molecule has 0 radical (unpaired) electrons. The van der Waals surface area contributed by atoms with E-state index >= 15 is 0 Å². The van der Waals surface area contributed by atoms with Crippen molar-refractivity contribution in [2.45, 2.75) is 13.8 Å². The summed E-state index contributed by atoms with van der Waals surface area (Å²) in [4.78, 5) is 10.7. The van der Waals surface area contributed by atoms with Crippen molar-refractivity contribution in [2.24, 2.45) is 0 Å². The van der Waals surface area contributed by atoms with Crippen molar-refractivity contribution in [2.75, 3.05) is 0 Å². The molecule has 1 heterocycles. The van der Waals surface area contributed by atoms with Gasteiger partial charge in [0.1, 0.15) is 11.3 Å². The van der Waals surface area contributed by atoms with E-state index in [9.17, 15) is 4.79 Å². The number of benzene rings is 2. The smallest absolute Gasteiger partial charge is 0.328 e. The second kappa shape index (κ2) is 7.70. The number of carboxylic acid groups (broad SMARTS) is 1. The maximum atomic E-state index is 10.7. The average Bonchev–Trinajstić information content (AvgIpc) is 3.01. The van der Waals surface area contributed by atoms with E-state index in [2.05, 4.69) is 6.07 Å². The predicted octanol–water partition coefficient (Wildman–Crippen LogP) is 6.09. The van der Waals surface area contributed by atoms with Crippen molar-refractivity contribution in [3.63, 3.8) is 0 Å². The molecule has 0 bridgehead atoms. The normalized spacial score (nSPS) is 12.8. The number of aliphatic carboxylic acids is 1. The van der Waals surface area contributed by atoms with Crippen molar-refractivity contribution in [3.05, 3.63) is 90.0 Å². The maximum absolute atomic E-state index is 10.7. The topological polar surface area (TPSA) is 50.4 Å². The van der Waals surface area contributed by atoms with Gasteiger partial charge in [-0.3, -0.25) is 0 Å². The van der Waals surface area contributed by atoms with E-state index in [1.165, 1.54) is 6.08 Å². The fraction of sp³-hybridized carbons (Fsp3) is 0.0870. The van der Waals surface area contributed by atoms with Gasteiger partial charge in [0.2, 0.25) is 0 Å². The van der Waals surface area contributed by atoms with Gasteiger partial charge in [-0.15, -0.1) is 0 Å². The Kier molecular flexibility index (Phi) is 5.18. The molecule has 3 nitrogen and oxygen atoms in total. The standard InChI is InChI=1S/C23H20O3/c1-16(15-21(24)25)9-8-10-17(2)22-19-13-6-7-14-20(19)26-23(22)18-11-4-3-5-12-18/h3-15H,1-2H3,(H,24,25)/b9-8+,16-15+,17-10+. The number of carbonyl (C=O) groups is 1. The predicted molar refractivity (Wildman–Crippen MR) is 106 cm³/mol. The van der Waals surface area contributed by atoms with Gasteiger partial charge >= 0.3 is 5.97 Å². The fourth-order valence-electron chi connectivity index (χ4n) is 2.90. The lowest BCUT2D eigenvalue weighted by molar-refractivity contribution is -0.131. The molecule has 3 heteroatoms. The van der Waals surface area contributed by atoms with Gasteiger partial charge in [0.05, 0.1) is 0 Å². The Morgan fingerprint density at radius 3 is 2.42 bits per heavy atom. The summed E-state index contributed by atoms with van der Waals surface area (Å²) in [5.74, 6) is -0.105. The Hall–Kier alpha value is -3.33. The van der Waals surface area contributed by atoms with Crippen LogP contribution >= 0.6 is 0 Å².